The Balaban J connectivity index is 2.22. The molecule has 0 aliphatic rings. The minimum atomic E-state index is 0.676. The van der Waals surface area contributed by atoms with Crippen LogP contribution in [0.5, 0.6) is 0 Å². The molecule has 0 saturated carbocycles. The first kappa shape index (κ1) is 12.9. The van der Waals surface area contributed by atoms with Gasteiger partial charge in [-0.25, -0.2) is 14.6 Å². The first-order chi connectivity index (χ1) is 9.70. The first-order valence-corrected chi connectivity index (χ1v) is 6.77. The van der Waals surface area contributed by atoms with E-state index in [0.29, 0.717) is 5.02 Å². The van der Waals surface area contributed by atoms with Crippen LogP contribution in [0.3, 0.4) is 0 Å². The van der Waals surface area contributed by atoms with Gasteiger partial charge in [0.15, 0.2) is 5.65 Å². The second-order valence-electron chi connectivity index (χ2n) is 4.48. The lowest BCUT2D eigenvalue weighted by Gasteiger charge is -2.08. The van der Waals surface area contributed by atoms with Gasteiger partial charge in [-0.15, -0.1) is 0 Å². The van der Waals surface area contributed by atoms with Crippen molar-refractivity contribution in [2.45, 2.75) is 13.8 Å². The second-order valence-corrected chi connectivity index (χ2v) is 4.91. The summed E-state index contributed by atoms with van der Waals surface area (Å²) in [4.78, 5) is 8.58. The van der Waals surface area contributed by atoms with Gasteiger partial charge in [0.25, 0.3) is 0 Å². The van der Waals surface area contributed by atoms with Gasteiger partial charge in [-0.2, -0.15) is 5.10 Å². The van der Waals surface area contributed by atoms with E-state index in [1.165, 1.54) is 0 Å². The summed E-state index contributed by atoms with van der Waals surface area (Å²) < 4.78 is 1.79. The van der Waals surface area contributed by atoms with Gasteiger partial charge in [0.1, 0.15) is 12.1 Å². The Bertz CT molecular complexity index is 765. The molecule has 1 N–H and O–H groups in total. The SMILES string of the molecule is CCNc1ncnc2c1cnn2-c1cc(Cl)ccc1C. The van der Waals surface area contributed by atoms with Crippen molar-refractivity contribution in [2.24, 2.45) is 0 Å². The maximum absolute atomic E-state index is 6.08. The zero-order valence-electron chi connectivity index (χ0n) is 11.3. The van der Waals surface area contributed by atoms with E-state index in [9.17, 15) is 0 Å². The highest BCUT2D eigenvalue weighted by Crippen LogP contribution is 2.24. The third kappa shape index (κ3) is 2.10. The summed E-state index contributed by atoms with van der Waals surface area (Å²) in [6.07, 6.45) is 3.31. The van der Waals surface area contributed by atoms with Crippen molar-refractivity contribution in [1.82, 2.24) is 19.7 Å². The number of aromatic nitrogens is 4. The van der Waals surface area contributed by atoms with Crippen LogP contribution in [0, 0.1) is 6.92 Å². The van der Waals surface area contributed by atoms with Crippen LogP contribution in [-0.2, 0) is 0 Å². The number of hydrogen-bond donors (Lipinski definition) is 1. The Labute approximate surface area is 121 Å². The predicted octanol–water partition coefficient (Wildman–Crippen LogP) is 3.21. The van der Waals surface area contributed by atoms with E-state index in [0.717, 1.165) is 34.6 Å². The smallest absolute Gasteiger partial charge is 0.168 e. The van der Waals surface area contributed by atoms with Gasteiger partial charge >= 0.3 is 0 Å². The average Bonchev–Trinajstić information content (AvgIpc) is 2.87. The summed E-state index contributed by atoms with van der Waals surface area (Å²) in [5, 5.41) is 9.21. The summed E-state index contributed by atoms with van der Waals surface area (Å²) >= 11 is 6.08. The minimum Gasteiger partial charge on any atom is -0.370 e. The predicted molar refractivity (Wildman–Crippen MR) is 80.6 cm³/mol. The Morgan fingerprint density at radius 2 is 2.15 bits per heavy atom. The summed E-state index contributed by atoms with van der Waals surface area (Å²) in [6, 6.07) is 5.72. The van der Waals surface area contributed by atoms with E-state index in [4.69, 9.17) is 11.6 Å². The molecule has 6 heteroatoms. The second kappa shape index (κ2) is 5.09. The summed E-state index contributed by atoms with van der Waals surface area (Å²) in [5.41, 5.74) is 2.78. The highest BCUT2D eigenvalue weighted by atomic mass is 35.5. The molecular weight excluding hydrogens is 274 g/mol. The molecule has 0 fully saturated rings. The lowest BCUT2D eigenvalue weighted by molar-refractivity contribution is 0.887. The average molecular weight is 288 g/mol. The number of benzene rings is 1. The Hall–Kier alpha value is -2.14. The molecule has 0 radical (unpaired) electrons. The number of hydrogen-bond acceptors (Lipinski definition) is 4. The Morgan fingerprint density at radius 3 is 2.95 bits per heavy atom. The van der Waals surface area contributed by atoms with Crippen molar-refractivity contribution >= 4 is 28.5 Å². The number of halogens is 1. The van der Waals surface area contributed by atoms with Crippen molar-refractivity contribution in [3.05, 3.63) is 41.3 Å². The Morgan fingerprint density at radius 1 is 1.30 bits per heavy atom. The van der Waals surface area contributed by atoms with Crippen LogP contribution in [0.2, 0.25) is 5.02 Å². The largest absolute Gasteiger partial charge is 0.370 e. The molecule has 0 aliphatic heterocycles. The molecule has 3 aromatic rings. The van der Waals surface area contributed by atoms with E-state index in [2.05, 4.69) is 20.4 Å². The number of rotatable bonds is 3. The molecule has 0 unspecified atom stereocenters. The van der Waals surface area contributed by atoms with Crippen LogP contribution in [0.25, 0.3) is 16.7 Å². The summed E-state index contributed by atoms with van der Waals surface area (Å²) in [7, 11) is 0. The van der Waals surface area contributed by atoms with E-state index < -0.39 is 0 Å². The van der Waals surface area contributed by atoms with Crippen molar-refractivity contribution in [3.63, 3.8) is 0 Å². The van der Waals surface area contributed by atoms with Crippen LogP contribution in [0.4, 0.5) is 5.82 Å². The van der Waals surface area contributed by atoms with Crippen molar-refractivity contribution in [1.29, 1.82) is 0 Å². The molecule has 5 nitrogen and oxygen atoms in total. The molecule has 0 aliphatic carbocycles. The van der Waals surface area contributed by atoms with E-state index >= 15 is 0 Å². The fourth-order valence-electron chi connectivity index (χ4n) is 2.14. The van der Waals surface area contributed by atoms with Gasteiger partial charge in [-0.3, -0.25) is 0 Å². The van der Waals surface area contributed by atoms with Crippen LogP contribution in [-0.4, -0.2) is 26.3 Å². The first-order valence-electron chi connectivity index (χ1n) is 6.40. The van der Waals surface area contributed by atoms with E-state index in [-0.39, 0.29) is 0 Å². The van der Waals surface area contributed by atoms with E-state index in [1.54, 1.807) is 17.2 Å². The molecule has 0 amide bonds. The highest BCUT2D eigenvalue weighted by molar-refractivity contribution is 6.30. The maximum Gasteiger partial charge on any atom is 0.168 e. The van der Waals surface area contributed by atoms with Crippen LogP contribution < -0.4 is 5.32 Å². The third-order valence-corrected chi connectivity index (χ3v) is 3.34. The lowest BCUT2D eigenvalue weighted by Crippen LogP contribution is -2.03. The number of fused-ring (bicyclic) bond motifs is 1. The number of nitrogens with zero attached hydrogens (tertiary/aromatic N) is 4. The standard InChI is InChI=1S/C14H14ClN5/c1-3-16-13-11-7-19-20(14(11)18-8-17-13)12-6-10(15)5-4-9(12)2/h4-8H,3H2,1-2H3,(H,16,17,18). The van der Waals surface area contributed by atoms with Gasteiger partial charge in [0.2, 0.25) is 0 Å². The number of nitrogens with one attached hydrogen (secondary N) is 1. The molecule has 20 heavy (non-hydrogen) atoms. The molecule has 0 atom stereocenters. The summed E-state index contributed by atoms with van der Waals surface area (Å²) in [6.45, 7) is 4.85. The monoisotopic (exact) mass is 287 g/mol. The highest BCUT2D eigenvalue weighted by Gasteiger charge is 2.12. The zero-order valence-corrected chi connectivity index (χ0v) is 12.0. The molecule has 0 spiro atoms. The van der Waals surface area contributed by atoms with Crippen LogP contribution in [0.1, 0.15) is 12.5 Å². The van der Waals surface area contributed by atoms with Crippen LogP contribution >= 0.6 is 11.6 Å². The summed E-state index contributed by atoms with van der Waals surface area (Å²) in [5.74, 6) is 0.795. The lowest BCUT2D eigenvalue weighted by atomic mass is 10.2. The fraction of sp³-hybridized carbons (Fsp3) is 0.214. The van der Waals surface area contributed by atoms with E-state index in [1.807, 2.05) is 32.0 Å². The molecule has 102 valence electrons. The molecule has 0 bridgehead atoms. The third-order valence-electron chi connectivity index (χ3n) is 3.11. The fourth-order valence-corrected chi connectivity index (χ4v) is 2.31. The van der Waals surface area contributed by atoms with Crippen molar-refractivity contribution in [3.8, 4) is 5.69 Å². The maximum atomic E-state index is 6.08. The normalized spacial score (nSPS) is 10.9. The number of anilines is 1. The Kier molecular flexibility index (Phi) is 3.28. The topological polar surface area (TPSA) is 55.6 Å². The van der Waals surface area contributed by atoms with Gasteiger partial charge in [0.05, 0.1) is 17.3 Å². The van der Waals surface area contributed by atoms with Crippen LogP contribution in [0.15, 0.2) is 30.7 Å². The molecule has 1 aromatic carbocycles. The van der Waals surface area contributed by atoms with Gasteiger partial charge in [-0.05, 0) is 31.5 Å². The van der Waals surface area contributed by atoms with Crippen molar-refractivity contribution < 1.29 is 0 Å². The molecule has 0 saturated heterocycles. The number of aryl methyl sites for hydroxylation is 1. The molecule has 3 rings (SSSR count). The van der Waals surface area contributed by atoms with Gasteiger partial charge in [0, 0.05) is 11.6 Å². The minimum absolute atomic E-state index is 0.676. The quantitative estimate of drug-likeness (QED) is 0.804. The molecular formula is C14H14ClN5. The molecule has 2 heterocycles. The molecule has 2 aromatic heterocycles. The zero-order chi connectivity index (χ0) is 14.1. The van der Waals surface area contributed by atoms with Crippen molar-refractivity contribution in [2.75, 3.05) is 11.9 Å². The van der Waals surface area contributed by atoms with Gasteiger partial charge < -0.3 is 5.32 Å². The van der Waals surface area contributed by atoms with Gasteiger partial charge in [-0.1, -0.05) is 17.7 Å².